The van der Waals surface area contributed by atoms with E-state index in [1.165, 1.54) is 6.07 Å². The van der Waals surface area contributed by atoms with E-state index in [-0.39, 0.29) is 29.8 Å². The van der Waals surface area contributed by atoms with Crippen LogP contribution >= 0.6 is 24.0 Å². The molecule has 0 saturated carbocycles. The fraction of sp³-hybridized carbons (Fsp3) is 0.550. The van der Waals surface area contributed by atoms with Crippen LogP contribution in [0.4, 0.5) is 10.1 Å². The SMILES string of the molecule is CCc1nncn1CCNC(=NC)NC1CCCN(c2ccc(F)cc2C)C1.I. The number of aryl methyl sites for hydroxylation is 2. The molecule has 2 N–H and O–H groups in total. The summed E-state index contributed by atoms with van der Waals surface area (Å²) >= 11 is 0. The number of nitrogens with zero attached hydrogens (tertiary/aromatic N) is 5. The molecule has 0 amide bonds. The van der Waals surface area contributed by atoms with Gasteiger partial charge in [0.25, 0.3) is 0 Å². The molecular formula is C20H31FIN7. The molecular weight excluding hydrogens is 484 g/mol. The molecule has 1 aromatic heterocycles. The minimum absolute atomic E-state index is 0. The number of hydrogen-bond donors (Lipinski definition) is 2. The molecule has 0 bridgehead atoms. The van der Waals surface area contributed by atoms with Gasteiger partial charge >= 0.3 is 0 Å². The van der Waals surface area contributed by atoms with Gasteiger partial charge in [0.15, 0.2) is 5.96 Å². The van der Waals surface area contributed by atoms with Crippen molar-refractivity contribution in [3.05, 3.63) is 41.7 Å². The average Bonchev–Trinajstić information content (AvgIpc) is 3.15. The van der Waals surface area contributed by atoms with Crippen LogP contribution in [0, 0.1) is 12.7 Å². The molecule has 1 aliphatic rings. The molecule has 29 heavy (non-hydrogen) atoms. The monoisotopic (exact) mass is 515 g/mol. The fourth-order valence-corrected chi connectivity index (χ4v) is 3.71. The first-order valence-corrected chi connectivity index (χ1v) is 9.95. The number of aliphatic imine (C=N–C) groups is 1. The molecule has 0 spiro atoms. The van der Waals surface area contributed by atoms with E-state index in [2.05, 4.69) is 42.2 Å². The van der Waals surface area contributed by atoms with Gasteiger partial charge in [0, 0.05) is 51.4 Å². The largest absolute Gasteiger partial charge is 0.369 e. The highest BCUT2D eigenvalue weighted by atomic mass is 127. The van der Waals surface area contributed by atoms with Gasteiger partial charge in [-0.1, -0.05) is 6.92 Å². The van der Waals surface area contributed by atoms with E-state index in [9.17, 15) is 4.39 Å². The van der Waals surface area contributed by atoms with Gasteiger partial charge in [-0.2, -0.15) is 0 Å². The summed E-state index contributed by atoms with van der Waals surface area (Å²) in [5.41, 5.74) is 2.08. The van der Waals surface area contributed by atoms with E-state index < -0.39 is 0 Å². The van der Waals surface area contributed by atoms with E-state index in [0.29, 0.717) is 6.04 Å². The third kappa shape index (κ3) is 6.28. The van der Waals surface area contributed by atoms with Gasteiger partial charge < -0.3 is 20.1 Å². The second-order valence-corrected chi connectivity index (χ2v) is 7.15. The molecule has 3 rings (SSSR count). The summed E-state index contributed by atoms with van der Waals surface area (Å²) in [4.78, 5) is 6.68. The van der Waals surface area contributed by atoms with Crippen molar-refractivity contribution in [1.29, 1.82) is 0 Å². The zero-order valence-corrected chi connectivity index (χ0v) is 19.7. The van der Waals surface area contributed by atoms with Crippen molar-refractivity contribution in [2.24, 2.45) is 4.99 Å². The van der Waals surface area contributed by atoms with Gasteiger partial charge in [-0.3, -0.25) is 4.99 Å². The Kier molecular flexibility index (Phi) is 9.12. The third-order valence-corrected chi connectivity index (χ3v) is 5.14. The average molecular weight is 515 g/mol. The van der Waals surface area contributed by atoms with Crippen molar-refractivity contribution in [3.63, 3.8) is 0 Å². The molecule has 1 aliphatic heterocycles. The number of guanidine groups is 1. The Morgan fingerprint density at radius 1 is 1.38 bits per heavy atom. The summed E-state index contributed by atoms with van der Waals surface area (Å²) < 4.78 is 15.5. The van der Waals surface area contributed by atoms with E-state index in [1.807, 2.05) is 13.0 Å². The van der Waals surface area contributed by atoms with Crippen molar-refractivity contribution in [2.45, 2.75) is 45.7 Å². The standard InChI is InChI=1S/C20H30FN7.HI/c1-4-19-26-24-14-28(19)11-9-23-20(22-3)25-17-6-5-10-27(13-17)18-8-7-16(21)12-15(18)2;/h7-8,12,14,17H,4-6,9-11,13H2,1-3H3,(H2,22,23,25);1H. The van der Waals surface area contributed by atoms with E-state index in [0.717, 1.165) is 68.5 Å². The highest BCUT2D eigenvalue weighted by Gasteiger charge is 2.22. The first-order valence-electron chi connectivity index (χ1n) is 9.95. The van der Waals surface area contributed by atoms with Crippen LogP contribution in [-0.2, 0) is 13.0 Å². The predicted molar refractivity (Wildman–Crippen MR) is 126 cm³/mol. The number of nitrogens with one attached hydrogen (secondary N) is 2. The topological polar surface area (TPSA) is 70.4 Å². The summed E-state index contributed by atoms with van der Waals surface area (Å²) in [6, 6.07) is 5.31. The van der Waals surface area contributed by atoms with E-state index in [4.69, 9.17) is 0 Å². The van der Waals surface area contributed by atoms with E-state index in [1.54, 1.807) is 19.4 Å². The van der Waals surface area contributed by atoms with Crippen LogP contribution < -0.4 is 15.5 Å². The Bertz CT molecular complexity index is 808. The second-order valence-electron chi connectivity index (χ2n) is 7.15. The van der Waals surface area contributed by atoms with Crippen LogP contribution in [0.15, 0.2) is 29.5 Å². The minimum atomic E-state index is -0.183. The summed E-state index contributed by atoms with van der Waals surface area (Å²) in [6.45, 7) is 7.45. The number of benzene rings is 1. The lowest BCUT2D eigenvalue weighted by atomic mass is 10.0. The number of aromatic nitrogens is 3. The highest BCUT2D eigenvalue weighted by Crippen LogP contribution is 2.24. The molecule has 2 heterocycles. The maximum Gasteiger partial charge on any atom is 0.191 e. The molecule has 1 aromatic carbocycles. The smallest absolute Gasteiger partial charge is 0.191 e. The van der Waals surface area contributed by atoms with Crippen LogP contribution in [0.3, 0.4) is 0 Å². The molecule has 7 nitrogen and oxygen atoms in total. The van der Waals surface area contributed by atoms with Crippen molar-refractivity contribution in [1.82, 2.24) is 25.4 Å². The Labute approximate surface area is 189 Å². The Balaban J connectivity index is 0.00000300. The van der Waals surface area contributed by atoms with Crippen molar-refractivity contribution < 1.29 is 4.39 Å². The van der Waals surface area contributed by atoms with Gasteiger partial charge in [-0.25, -0.2) is 4.39 Å². The van der Waals surface area contributed by atoms with Gasteiger partial charge in [-0.15, -0.1) is 34.2 Å². The maximum atomic E-state index is 13.4. The number of halogens is 2. The van der Waals surface area contributed by atoms with Gasteiger partial charge in [0.1, 0.15) is 18.0 Å². The number of hydrogen-bond acceptors (Lipinski definition) is 4. The Morgan fingerprint density at radius 2 is 2.21 bits per heavy atom. The quantitative estimate of drug-likeness (QED) is 0.352. The zero-order valence-electron chi connectivity index (χ0n) is 17.4. The van der Waals surface area contributed by atoms with Crippen molar-refractivity contribution >= 4 is 35.6 Å². The number of piperidine rings is 1. The lowest BCUT2D eigenvalue weighted by Crippen LogP contribution is -2.51. The lowest BCUT2D eigenvalue weighted by Gasteiger charge is -2.36. The Hall–Kier alpha value is -1.91. The van der Waals surface area contributed by atoms with E-state index >= 15 is 0 Å². The predicted octanol–water partition coefficient (Wildman–Crippen LogP) is 2.74. The normalized spacial score (nSPS) is 17.0. The summed E-state index contributed by atoms with van der Waals surface area (Å²) in [5, 5.41) is 15.0. The van der Waals surface area contributed by atoms with Gasteiger partial charge in [-0.05, 0) is 43.5 Å². The van der Waals surface area contributed by atoms with Gasteiger partial charge in [0.2, 0.25) is 0 Å². The molecule has 0 aliphatic carbocycles. The zero-order chi connectivity index (χ0) is 19.9. The van der Waals surface area contributed by atoms with Crippen molar-refractivity contribution in [3.8, 4) is 0 Å². The third-order valence-electron chi connectivity index (χ3n) is 5.14. The van der Waals surface area contributed by atoms with Crippen LogP contribution in [0.25, 0.3) is 0 Å². The van der Waals surface area contributed by atoms with Crippen LogP contribution in [-0.4, -0.2) is 53.4 Å². The van der Waals surface area contributed by atoms with Crippen LogP contribution in [0.5, 0.6) is 0 Å². The van der Waals surface area contributed by atoms with Gasteiger partial charge in [0.05, 0.1) is 0 Å². The fourth-order valence-electron chi connectivity index (χ4n) is 3.71. The minimum Gasteiger partial charge on any atom is -0.369 e. The molecule has 1 atom stereocenters. The molecule has 1 saturated heterocycles. The molecule has 2 aromatic rings. The Morgan fingerprint density at radius 3 is 2.93 bits per heavy atom. The summed E-state index contributed by atoms with van der Waals surface area (Å²) in [6.07, 6.45) is 4.81. The number of rotatable bonds is 6. The first kappa shape index (κ1) is 23.4. The molecule has 1 unspecified atom stereocenters. The van der Waals surface area contributed by atoms with Crippen LogP contribution in [0.2, 0.25) is 0 Å². The molecule has 160 valence electrons. The maximum absolute atomic E-state index is 13.4. The lowest BCUT2D eigenvalue weighted by molar-refractivity contribution is 0.466. The second kappa shape index (κ2) is 11.3. The molecule has 1 fully saturated rings. The molecule has 9 heteroatoms. The number of anilines is 1. The molecule has 0 radical (unpaired) electrons. The summed E-state index contributed by atoms with van der Waals surface area (Å²) in [5.74, 6) is 1.60. The highest BCUT2D eigenvalue weighted by molar-refractivity contribution is 14.0. The first-order chi connectivity index (χ1) is 13.6. The van der Waals surface area contributed by atoms with Crippen LogP contribution in [0.1, 0.15) is 31.2 Å². The summed E-state index contributed by atoms with van der Waals surface area (Å²) in [7, 11) is 1.79. The van der Waals surface area contributed by atoms with Crippen molar-refractivity contribution in [2.75, 3.05) is 31.6 Å².